The van der Waals surface area contributed by atoms with E-state index in [9.17, 15) is 4.79 Å². The van der Waals surface area contributed by atoms with Gasteiger partial charge in [-0.2, -0.15) is 0 Å². The van der Waals surface area contributed by atoms with Crippen molar-refractivity contribution >= 4 is 23.6 Å². The summed E-state index contributed by atoms with van der Waals surface area (Å²) in [5.74, 6) is 0.591. The molecule has 27 heavy (non-hydrogen) atoms. The third-order valence-corrected chi connectivity index (χ3v) is 4.01. The zero-order valence-electron chi connectivity index (χ0n) is 14.6. The highest BCUT2D eigenvalue weighted by Crippen LogP contribution is 2.15. The van der Waals surface area contributed by atoms with E-state index in [0.29, 0.717) is 18.2 Å². The Morgan fingerprint density at radius 3 is 2.67 bits per heavy atom. The van der Waals surface area contributed by atoms with Gasteiger partial charge < -0.3 is 10.1 Å². The highest BCUT2D eigenvalue weighted by molar-refractivity contribution is 6.30. The summed E-state index contributed by atoms with van der Waals surface area (Å²) in [5, 5.41) is 3.49. The van der Waals surface area contributed by atoms with Gasteiger partial charge >= 0.3 is 0 Å². The fourth-order valence-corrected chi connectivity index (χ4v) is 2.60. The van der Waals surface area contributed by atoms with Crippen molar-refractivity contribution in [3.8, 4) is 5.75 Å². The minimum atomic E-state index is -0.162. The normalized spacial score (nSPS) is 10.7. The Hall–Kier alpha value is -3.11. The van der Waals surface area contributed by atoms with Gasteiger partial charge in [-0.25, -0.2) is 0 Å². The van der Waals surface area contributed by atoms with Crippen molar-refractivity contribution in [3.63, 3.8) is 0 Å². The maximum Gasteiger partial charge on any atom is 0.244 e. The van der Waals surface area contributed by atoms with Gasteiger partial charge in [0.05, 0.1) is 5.69 Å². The predicted octanol–water partition coefficient (Wildman–Crippen LogP) is 4.64. The van der Waals surface area contributed by atoms with E-state index in [2.05, 4.69) is 10.3 Å². The number of pyridine rings is 1. The summed E-state index contributed by atoms with van der Waals surface area (Å²) < 4.78 is 5.69. The third kappa shape index (κ3) is 6.28. The fraction of sp³-hybridized carbons (Fsp3) is 0.0909. The molecule has 2 aromatic carbocycles. The Labute approximate surface area is 163 Å². The first-order valence-corrected chi connectivity index (χ1v) is 8.90. The molecule has 1 amide bonds. The van der Waals surface area contributed by atoms with Gasteiger partial charge in [0, 0.05) is 23.8 Å². The smallest absolute Gasteiger partial charge is 0.244 e. The lowest BCUT2D eigenvalue weighted by atomic mass is 10.2. The molecule has 0 aliphatic heterocycles. The van der Waals surface area contributed by atoms with Crippen molar-refractivity contribution < 1.29 is 9.53 Å². The van der Waals surface area contributed by atoms with E-state index in [1.165, 1.54) is 6.08 Å². The molecule has 1 heterocycles. The Morgan fingerprint density at radius 2 is 1.93 bits per heavy atom. The Kier molecular flexibility index (Phi) is 6.61. The van der Waals surface area contributed by atoms with Crippen LogP contribution in [0, 0.1) is 0 Å². The topological polar surface area (TPSA) is 51.2 Å². The zero-order valence-corrected chi connectivity index (χ0v) is 15.4. The second kappa shape index (κ2) is 9.55. The SMILES string of the molecule is O=C(/C=C/c1ccc(OCc2ccccn2)cc1)NCc1cccc(Cl)c1. The lowest BCUT2D eigenvalue weighted by molar-refractivity contribution is -0.116. The fourth-order valence-electron chi connectivity index (χ4n) is 2.38. The first kappa shape index (κ1) is 18.7. The van der Waals surface area contributed by atoms with Gasteiger partial charge in [0.2, 0.25) is 5.91 Å². The summed E-state index contributed by atoms with van der Waals surface area (Å²) in [6, 6.07) is 20.6. The molecule has 136 valence electrons. The third-order valence-electron chi connectivity index (χ3n) is 3.78. The van der Waals surface area contributed by atoms with Gasteiger partial charge in [-0.3, -0.25) is 9.78 Å². The maximum absolute atomic E-state index is 11.9. The van der Waals surface area contributed by atoms with E-state index in [-0.39, 0.29) is 5.91 Å². The first-order chi connectivity index (χ1) is 13.2. The number of carbonyl (C=O) groups is 1. The average molecular weight is 379 g/mol. The monoisotopic (exact) mass is 378 g/mol. The van der Waals surface area contributed by atoms with E-state index < -0.39 is 0 Å². The molecule has 0 bridgehead atoms. The molecule has 5 heteroatoms. The molecule has 0 spiro atoms. The summed E-state index contributed by atoms with van der Waals surface area (Å²) >= 11 is 5.93. The quantitative estimate of drug-likeness (QED) is 0.609. The van der Waals surface area contributed by atoms with Crippen LogP contribution in [0.1, 0.15) is 16.8 Å². The molecule has 3 aromatic rings. The van der Waals surface area contributed by atoms with Crippen molar-refractivity contribution in [1.29, 1.82) is 0 Å². The maximum atomic E-state index is 11.9. The highest BCUT2D eigenvalue weighted by atomic mass is 35.5. The van der Waals surface area contributed by atoms with Crippen LogP contribution >= 0.6 is 11.6 Å². The number of halogens is 1. The summed E-state index contributed by atoms with van der Waals surface area (Å²) in [4.78, 5) is 16.2. The van der Waals surface area contributed by atoms with E-state index in [4.69, 9.17) is 16.3 Å². The molecule has 0 aliphatic rings. The Bertz CT molecular complexity index is 909. The van der Waals surface area contributed by atoms with Crippen LogP contribution in [-0.2, 0) is 17.9 Å². The number of hydrogen-bond donors (Lipinski definition) is 1. The molecule has 3 rings (SSSR count). The summed E-state index contributed by atoms with van der Waals surface area (Å²) in [6.07, 6.45) is 5.01. The van der Waals surface area contributed by atoms with E-state index in [1.54, 1.807) is 18.3 Å². The lowest BCUT2D eigenvalue weighted by Gasteiger charge is -2.06. The van der Waals surface area contributed by atoms with Crippen molar-refractivity contribution in [2.45, 2.75) is 13.2 Å². The van der Waals surface area contributed by atoms with Crippen LogP contribution in [0.2, 0.25) is 5.02 Å². The van der Waals surface area contributed by atoms with Crippen LogP contribution in [0.4, 0.5) is 0 Å². The van der Waals surface area contributed by atoms with Gasteiger partial charge in [-0.1, -0.05) is 41.9 Å². The Balaban J connectivity index is 1.47. The molecule has 0 saturated heterocycles. The van der Waals surface area contributed by atoms with Gasteiger partial charge in [0.25, 0.3) is 0 Å². The highest BCUT2D eigenvalue weighted by Gasteiger charge is 1.99. The molecule has 0 aliphatic carbocycles. The number of aromatic nitrogens is 1. The number of benzene rings is 2. The van der Waals surface area contributed by atoms with Crippen LogP contribution in [-0.4, -0.2) is 10.9 Å². The van der Waals surface area contributed by atoms with Crippen LogP contribution in [0.3, 0.4) is 0 Å². The minimum Gasteiger partial charge on any atom is -0.487 e. The predicted molar refractivity (Wildman–Crippen MR) is 107 cm³/mol. The average Bonchev–Trinajstić information content (AvgIpc) is 2.71. The van der Waals surface area contributed by atoms with Gasteiger partial charge in [0.1, 0.15) is 12.4 Å². The standard InChI is InChI=1S/C22H19ClN2O2/c23-19-5-3-4-18(14-19)15-25-22(26)12-9-17-7-10-21(11-8-17)27-16-20-6-1-2-13-24-20/h1-14H,15-16H2,(H,25,26)/b12-9+. The number of rotatable bonds is 7. The van der Waals surface area contributed by atoms with Gasteiger partial charge in [0.15, 0.2) is 0 Å². The number of hydrogen-bond acceptors (Lipinski definition) is 3. The molecule has 0 saturated carbocycles. The molecule has 0 fully saturated rings. The summed E-state index contributed by atoms with van der Waals surface area (Å²) in [6.45, 7) is 0.853. The van der Waals surface area contributed by atoms with E-state index in [0.717, 1.165) is 22.6 Å². The molecule has 4 nitrogen and oxygen atoms in total. The molecule has 1 N–H and O–H groups in total. The molecule has 0 radical (unpaired) electrons. The molecular weight excluding hydrogens is 360 g/mol. The van der Waals surface area contributed by atoms with Crippen molar-refractivity contribution in [3.05, 3.63) is 101 Å². The van der Waals surface area contributed by atoms with E-state index >= 15 is 0 Å². The summed E-state index contributed by atoms with van der Waals surface area (Å²) in [5.41, 5.74) is 2.74. The second-order valence-electron chi connectivity index (χ2n) is 5.86. The zero-order chi connectivity index (χ0) is 18.9. The lowest BCUT2D eigenvalue weighted by Crippen LogP contribution is -2.20. The minimum absolute atomic E-state index is 0.162. The van der Waals surface area contributed by atoms with Crippen LogP contribution in [0.25, 0.3) is 6.08 Å². The van der Waals surface area contributed by atoms with Crippen molar-refractivity contribution in [2.75, 3.05) is 0 Å². The molecule has 1 aromatic heterocycles. The van der Waals surface area contributed by atoms with Crippen molar-refractivity contribution in [1.82, 2.24) is 10.3 Å². The van der Waals surface area contributed by atoms with Crippen LogP contribution in [0.15, 0.2) is 79.0 Å². The number of carbonyl (C=O) groups excluding carboxylic acids is 1. The van der Waals surface area contributed by atoms with Crippen molar-refractivity contribution in [2.24, 2.45) is 0 Å². The largest absolute Gasteiger partial charge is 0.487 e. The molecule has 0 atom stereocenters. The first-order valence-electron chi connectivity index (χ1n) is 8.52. The van der Waals surface area contributed by atoms with Crippen LogP contribution in [0.5, 0.6) is 5.75 Å². The number of nitrogens with one attached hydrogen (secondary N) is 1. The number of amides is 1. The van der Waals surface area contributed by atoms with E-state index in [1.807, 2.05) is 60.7 Å². The van der Waals surface area contributed by atoms with Crippen LogP contribution < -0.4 is 10.1 Å². The molecular formula is C22H19ClN2O2. The van der Waals surface area contributed by atoms with Gasteiger partial charge in [-0.15, -0.1) is 0 Å². The van der Waals surface area contributed by atoms with Gasteiger partial charge in [-0.05, 0) is 53.6 Å². The number of nitrogens with zero attached hydrogens (tertiary/aromatic N) is 1. The number of ether oxygens (including phenoxy) is 1. The molecule has 0 unspecified atom stereocenters. The summed E-state index contributed by atoms with van der Waals surface area (Å²) in [7, 11) is 0. The second-order valence-corrected chi connectivity index (χ2v) is 6.30. The Morgan fingerprint density at radius 1 is 1.07 bits per heavy atom.